The van der Waals surface area contributed by atoms with Crippen LogP contribution < -0.4 is 5.32 Å². The molecule has 1 aromatic rings. The first kappa shape index (κ1) is 11.5. The smallest absolute Gasteiger partial charge is 0.159 e. The molecule has 2 rings (SSSR count). The molecule has 0 bridgehead atoms. The summed E-state index contributed by atoms with van der Waals surface area (Å²) in [5, 5.41) is 11.5. The van der Waals surface area contributed by atoms with Gasteiger partial charge in [-0.15, -0.1) is 10.2 Å². The fourth-order valence-corrected chi connectivity index (χ4v) is 2.10. The zero-order valence-electron chi connectivity index (χ0n) is 10.1. The third-order valence-corrected chi connectivity index (χ3v) is 3.06. The van der Waals surface area contributed by atoms with Gasteiger partial charge in [-0.05, 0) is 39.8 Å². The van der Waals surface area contributed by atoms with E-state index in [4.69, 9.17) is 4.74 Å². The molecule has 1 fully saturated rings. The summed E-state index contributed by atoms with van der Waals surface area (Å²) < 4.78 is 7.96. The van der Waals surface area contributed by atoms with Crippen LogP contribution in [0.4, 0.5) is 0 Å². The minimum absolute atomic E-state index is 0.378. The van der Waals surface area contributed by atoms with Crippen LogP contribution in [-0.4, -0.2) is 34.0 Å². The Morgan fingerprint density at radius 3 is 2.81 bits per heavy atom. The molecule has 1 N–H and O–H groups in total. The maximum Gasteiger partial charge on any atom is 0.159 e. The average molecular weight is 224 g/mol. The van der Waals surface area contributed by atoms with Crippen molar-refractivity contribution in [2.75, 3.05) is 13.1 Å². The van der Waals surface area contributed by atoms with Gasteiger partial charge in [0, 0.05) is 6.54 Å². The van der Waals surface area contributed by atoms with E-state index in [1.165, 1.54) is 0 Å². The lowest BCUT2D eigenvalue weighted by Crippen LogP contribution is -2.32. The van der Waals surface area contributed by atoms with Crippen LogP contribution in [0.15, 0.2) is 0 Å². The molecule has 0 aliphatic carbocycles. The number of ether oxygens (including phenoxy) is 1. The van der Waals surface area contributed by atoms with Crippen LogP contribution in [0.3, 0.4) is 0 Å². The van der Waals surface area contributed by atoms with E-state index in [-0.39, 0.29) is 0 Å². The highest BCUT2D eigenvalue weighted by Crippen LogP contribution is 2.10. The molecule has 0 saturated carbocycles. The number of rotatable bonds is 4. The van der Waals surface area contributed by atoms with Crippen molar-refractivity contribution in [3.05, 3.63) is 11.6 Å². The van der Waals surface area contributed by atoms with Crippen LogP contribution >= 0.6 is 0 Å². The van der Waals surface area contributed by atoms with Gasteiger partial charge >= 0.3 is 0 Å². The second kappa shape index (κ2) is 5.41. The lowest BCUT2D eigenvalue weighted by Gasteiger charge is -2.22. The maximum absolute atomic E-state index is 5.86. The van der Waals surface area contributed by atoms with Gasteiger partial charge in [0.2, 0.25) is 0 Å². The Hall–Kier alpha value is -0.940. The number of hydrogen-bond acceptors (Lipinski definition) is 4. The number of piperidine rings is 1. The molecule has 0 amide bonds. The highest BCUT2D eigenvalue weighted by molar-refractivity contribution is 4.92. The van der Waals surface area contributed by atoms with Crippen molar-refractivity contribution >= 4 is 0 Å². The molecule has 5 nitrogen and oxygen atoms in total. The molecule has 2 heterocycles. The van der Waals surface area contributed by atoms with E-state index in [0.29, 0.717) is 12.7 Å². The first-order valence-corrected chi connectivity index (χ1v) is 6.02. The zero-order chi connectivity index (χ0) is 11.4. The van der Waals surface area contributed by atoms with Crippen LogP contribution in [0.5, 0.6) is 0 Å². The van der Waals surface area contributed by atoms with Gasteiger partial charge in [-0.1, -0.05) is 0 Å². The van der Waals surface area contributed by atoms with Gasteiger partial charge in [-0.3, -0.25) is 0 Å². The standard InChI is InChI=1S/C11H20N4O/c1-3-15-9(2)13-14-11(15)8-16-10-4-6-12-7-5-10/h10,12H,3-8H2,1-2H3. The maximum atomic E-state index is 5.86. The molecule has 1 saturated heterocycles. The fourth-order valence-electron chi connectivity index (χ4n) is 2.10. The van der Waals surface area contributed by atoms with Crippen LogP contribution in [0, 0.1) is 6.92 Å². The molecule has 1 aromatic heterocycles. The number of nitrogens with one attached hydrogen (secondary N) is 1. The third kappa shape index (κ3) is 2.59. The zero-order valence-corrected chi connectivity index (χ0v) is 10.1. The van der Waals surface area contributed by atoms with E-state index >= 15 is 0 Å². The third-order valence-electron chi connectivity index (χ3n) is 3.06. The van der Waals surface area contributed by atoms with E-state index < -0.39 is 0 Å². The summed E-state index contributed by atoms with van der Waals surface area (Å²) >= 11 is 0. The topological polar surface area (TPSA) is 52.0 Å². The van der Waals surface area contributed by atoms with Crippen molar-refractivity contribution in [1.29, 1.82) is 0 Å². The molecule has 1 aliphatic heterocycles. The van der Waals surface area contributed by atoms with Crippen molar-refractivity contribution < 1.29 is 4.74 Å². The Morgan fingerprint density at radius 1 is 1.38 bits per heavy atom. The Balaban J connectivity index is 1.88. The van der Waals surface area contributed by atoms with Crippen LogP contribution in [0.25, 0.3) is 0 Å². The summed E-state index contributed by atoms with van der Waals surface area (Å²) in [6.07, 6.45) is 2.57. The van der Waals surface area contributed by atoms with Gasteiger partial charge in [0.1, 0.15) is 12.4 Å². The molecule has 0 radical (unpaired) electrons. The Morgan fingerprint density at radius 2 is 2.12 bits per heavy atom. The molecule has 90 valence electrons. The van der Waals surface area contributed by atoms with Crippen LogP contribution in [0.2, 0.25) is 0 Å². The molecular formula is C11H20N4O. The Kier molecular flexibility index (Phi) is 3.90. The predicted molar refractivity (Wildman–Crippen MR) is 61.1 cm³/mol. The first-order valence-electron chi connectivity index (χ1n) is 6.02. The highest BCUT2D eigenvalue weighted by Gasteiger charge is 2.15. The van der Waals surface area contributed by atoms with Gasteiger partial charge in [-0.25, -0.2) is 0 Å². The largest absolute Gasteiger partial charge is 0.370 e. The monoisotopic (exact) mass is 224 g/mol. The van der Waals surface area contributed by atoms with E-state index in [2.05, 4.69) is 27.0 Å². The van der Waals surface area contributed by atoms with Crippen molar-refractivity contribution in [2.24, 2.45) is 0 Å². The number of aryl methyl sites for hydroxylation is 1. The molecular weight excluding hydrogens is 204 g/mol. The van der Waals surface area contributed by atoms with E-state index in [1.807, 2.05) is 6.92 Å². The van der Waals surface area contributed by atoms with Crippen molar-refractivity contribution in [3.63, 3.8) is 0 Å². The average Bonchev–Trinajstić information content (AvgIpc) is 2.68. The Bertz CT molecular complexity index is 331. The van der Waals surface area contributed by atoms with Gasteiger partial charge in [0.05, 0.1) is 6.10 Å². The van der Waals surface area contributed by atoms with Gasteiger partial charge < -0.3 is 14.6 Å². The number of aromatic nitrogens is 3. The lowest BCUT2D eigenvalue weighted by atomic mass is 10.1. The van der Waals surface area contributed by atoms with Gasteiger partial charge in [0.15, 0.2) is 5.82 Å². The summed E-state index contributed by atoms with van der Waals surface area (Å²) in [5.41, 5.74) is 0. The molecule has 5 heteroatoms. The van der Waals surface area contributed by atoms with E-state index in [9.17, 15) is 0 Å². The molecule has 16 heavy (non-hydrogen) atoms. The minimum atomic E-state index is 0.378. The van der Waals surface area contributed by atoms with Gasteiger partial charge in [0.25, 0.3) is 0 Å². The summed E-state index contributed by atoms with van der Waals surface area (Å²) in [6, 6.07) is 0. The van der Waals surface area contributed by atoms with E-state index in [1.54, 1.807) is 0 Å². The molecule has 0 unspecified atom stereocenters. The van der Waals surface area contributed by atoms with E-state index in [0.717, 1.165) is 44.1 Å². The summed E-state index contributed by atoms with van der Waals surface area (Å²) in [5.74, 6) is 1.91. The number of hydrogen-bond donors (Lipinski definition) is 1. The molecule has 0 spiro atoms. The summed E-state index contributed by atoms with van der Waals surface area (Å²) in [4.78, 5) is 0. The van der Waals surface area contributed by atoms with Gasteiger partial charge in [-0.2, -0.15) is 0 Å². The second-order valence-corrected chi connectivity index (χ2v) is 4.17. The second-order valence-electron chi connectivity index (χ2n) is 4.17. The first-order chi connectivity index (χ1) is 7.81. The SMILES string of the molecule is CCn1c(C)nnc1COC1CCNCC1. The minimum Gasteiger partial charge on any atom is -0.370 e. The van der Waals surface area contributed by atoms with Crippen LogP contribution in [0.1, 0.15) is 31.4 Å². The van der Waals surface area contributed by atoms with Crippen molar-refractivity contribution in [3.8, 4) is 0 Å². The van der Waals surface area contributed by atoms with Crippen LogP contribution in [-0.2, 0) is 17.9 Å². The quantitative estimate of drug-likeness (QED) is 0.824. The Labute approximate surface area is 96.2 Å². The fraction of sp³-hybridized carbons (Fsp3) is 0.818. The predicted octanol–water partition coefficient (Wildman–Crippen LogP) is 0.875. The number of nitrogens with zero attached hydrogens (tertiary/aromatic N) is 3. The summed E-state index contributed by atoms with van der Waals surface area (Å²) in [7, 11) is 0. The van der Waals surface area contributed by atoms with Crippen molar-refractivity contribution in [2.45, 2.75) is 45.9 Å². The molecule has 0 atom stereocenters. The molecule has 1 aliphatic rings. The molecule has 0 aromatic carbocycles. The lowest BCUT2D eigenvalue weighted by molar-refractivity contribution is 0.0163. The van der Waals surface area contributed by atoms with Crippen molar-refractivity contribution in [1.82, 2.24) is 20.1 Å². The summed E-state index contributed by atoms with van der Waals surface area (Å²) in [6.45, 7) is 7.69. The normalized spacial score (nSPS) is 17.9. The highest BCUT2D eigenvalue weighted by atomic mass is 16.5.